The van der Waals surface area contributed by atoms with E-state index in [0.29, 0.717) is 6.54 Å². The summed E-state index contributed by atoms with van der Waals surface area (Å²) in [6, 6.07) is 14.2. The van der Waals surface area contributed by atoms with Gasteiger partial charge in [-0.1, -0.05) is 41.9 Å². The second-order valence-electron chi connectivity index (χ2n) is 5.06. The molecule has 0 aliphatic rings. The summed E-state index contributed by atoms with van der Waals surface area (Å²) in [5, 5.41) is 10.0. The molecule has 1 heterocycles. The number of benzene rings is 2. The summed E-state index contributed by atoms with van der Waals surface area (Å²) in [5.41, 5.74) is 4.34. The van der Waals surface area contributed by atoms with E-state index in [1.807, 2.05) is 28.9 Å². The third-order valence-corrected chi connectivity index (χ3v) is 4.00. The zero-order valence-corrected chi connectivity index (χ0v) is 13.0. The number of halogens is 1. The molecule has 0 aliphatic heterocycles. The number of hydrogen-bond acceptors (Lipinski definition) is 2. The molecule has 108 valence electrons. The Bertz CT molecular complexity index is 757. The fourth-order valence-corrected chi connectivity index (χ4v) is 2.88. The van der Waals surface area contributed by atoms with Gasteiger partial charge in [0.05, 0.1) is 28.5 Å². The summed E-state index contributed by atoms with van der Waals surface area (Å²) in [6.45, 7) is 5.69. The standard InChI is InChI=1S/C17H18ClN3/c1-3-21-16-10-5-4-8-13(16)15(20-21)11-19-17-12(2)7-6-9-14(17)18/h4-10,19H,3,11H2,1-2H3. The lowest BCUT2D eigenvalue weighted by atomic mass is 10.2. The normalized spacial score (nSPS) is 11.0. The number of nitrogens with one attached hydrogen (secondary N) is 1. The van der Waals surface area contributed by atoms with Gasteiger partial charge in [0.25, 0.3) is 0 Å². The molecule has 0 radical (unpaired) electrons. The van der Waals surface area contributed by atoms with E-state index in [4.69, 9.17) is 16.7 Å². The largest absolute Gasteiger partial charge is 0.378 e. The molecule has 0 saturated heterocycles. The van der Waals surface area contributed by atoms with Gasteiger partial charge in [-0.25, -0.2) is 0 Å². The number of nitrogens with zero attached hydrogens (tertiary/aromatic N) is 2. The molecule has 3 nitrogen and oxygen atoms in total. The Balaban J connectivity index is 1.92. The van der Waals surface area contributed by atoms with Crippen LogP contribution in [-0.2, 0) is 13.1 Å². The summed E-state index contributed by atoms with van der Waals surface area (Å²) in [4.78, 5) is 0. The van der Waals surface area contributed by atoms with Gasteiger partial charge in [-0.05, 0) is 31.5 Å². The monoisotopic (exact) mass is 299 g/mol. The van der Waals surface area contributed by atoms with Crippen molar-refractivity contribution >= 4 is 28.2 Å². The number of aryl methyl sites for hydroxylation is 2. The van der Waals surface area contributed by atoms with Crippen LogP contribution in [0.4, 0.5) is 5.69 Å². The number of anilines is 1. The molecule has 1 N–H and O–H groups in total. The van der Waals surface area contributed by atoms with Crippen molar-refractivity contribution in [2.45, 2.75) is 26.9 Å². The molecule has 0 amide bonds. The highest BCUT2D eigenvalue weighted by atomic mass is 35.5. The van der Waals surface area contributed by atoms with Gasteiger partial charge in [-0.2, -0.15) is 5.10 Å². The van der Waals surface area contributed by atoms with E-state index in [1.165, 1.54) is 10.9 Å². The average Bonchev–Trinajstić information content (AvgIpc) is 2.85. The van der Waals surface area contributed by atoms with Crippen LogP contribution in [0, 0.1) is 6.92 Å². The molecule has 3 aromatic rings. The minimum atomic E-state index is 0.665. The zero-order valence-electron chi connectivity index (χ0n) is 12.2. The maximum absolute atomic E-state index is 6.26. The highest BCUT2D eigenvalue weighted by Crippen LogP contribution is 2.26. The Morgan fingerprint density at radius 3 is 2.71 bits per heavy atom. The first-order chi connectivity index (χ1) is 10.2. The lowest BCUT2D eigenvalue weighted by Gasteiger charge is -2.10. The molecule has 0 saturated carbocycles. The van der Waals surface area contributed by atoms with Crippen molar-refractivity contribution in [2.75, 3.05) is 5.32 Å². The van der Waals surface area contributed by atoms with E-state index in [1.54, 1.807) is 0 Å². The number of para-hydroxylation sites is 2. The number of aromatic nitrogens is 2. The smallest absolute Gasteiger partial charge is 0.0894 e. The average molecular weight is 300 g/mol. The number of rotatable bonds is 4. The van der Waals surface area contributed by atoms with Crippen molar-refractivity contribution in [3.63, 3.8) is 0 Å². The molecule has 4 heteroatoms. The maximum atomic E-state index is 6.26. The topological polar surface area (TPSA) is 29.9 Å². The molecule has 1 aromatic heterocycles. The summed E-state index contributed by atoms with van der Waals surface area (Å²) in [5.74, 6) is 0. The van der Waals surface area contributed by atoms with Crippen molar-refractivity contribution in [1.29, 1.82) is 0 Å². The molecular weight excluding hydrogens is 282 g/mol. The van der Waals surface area contributed by atoms with Crippen LogP contribution in [-0.4, -0.2) is 9.78 Å². The SMILES string of the molecule is CCn1nc(CNc2c(C)cccc2Cl)c2ccccc21. The highest BCUT2D eigenvalue weighted by Gasteiger charge is 2.10. The van der Waals surface area contributed by atoms with Gasteiger partial charge >= 0.3 is 0 Å². The van der Waals surface area contributed by atoms with Gasteiger partial charge in [0.1, 0.15) is 0 Å². The van der Waals surface area contributed by atoms with Crippen LogP contribution in [0.5, 0.6) is 0 Å². The summed E-state index contributed by atoms with van der Waals surface area (Å²) in [7, 11) is 0. The highest BCUT2D eigenvalue weighted by molar-refractivity contribution is 6.33. The van der Waals surface area contributed by atoms with Gasteiger partial charge in [0, 0.05) is 11.9 Å². The first kappa shape index (κ1) is 14.0. The maximum Gasteiger partial charge on any atom is 0.0894 e. The van der Waals surface area contributed by atoms with Crippen molar-refractivity contribution in [3.8, 4) is 0 Å². The lowest BCUT2D eigenvalue weighted by molar-refractivity contribution is 0.671. The van der Waals surface area contributed by atoms with Crippen LogP contribution in [0.1, 0.15) is 18.2 Å². The zero-order chi connectivity index (χ0) is 14.8. The van der Waals surface area contributed by atoms with Gasteiger partial charge in [0.2, 0.25) is 0 Å². The van der Waals surface area contributed by atoms with Crippen LogP contribution < -0.4 is 5.32 Å². The van der Waals surface area contributed by atoms with Crippen LogP contribution in [0.15, 0.2) is 42.5 Å². The Labute approximate surface area is 129 Å². The van der Waals surface area contributed by atoms with Crippen LogP contribution in [0.2, 0.25) is 5.02 Å². The molecular formula is C17H18ClN3. The van der Waals surface area contributed by atoms with Crippen molar-refractivity contribution in [1.82, 2.24) is 9.78 Å². The molecule has 3 rings (SSSR count). The van der Waals surface area contributed by atoms with E-state index in [2.05, 4.69) is 37.4 Å². The predicted octanol–water partition coefficient (Wildman–Crippen LogP) is 4.63. The quantitative estimate of drug-likeness (QED) is 0.761. The first-order valence-corrected chi connectivity index (χ1v) is 7.52. The molecule has 2 aromatic carbocycles. The van der Waals surface area contributed by atoms with E-state index < -0.39 is 0 Å². The number of hydrogen-bond donors (Lipinski definition) is 1. The van der Waals surface area contributed by atoms with E-state index in [-0.39, 0.29) is 0 Å². The Morgan fingerprint density at radius 2 is 1.95 bits per heavy atom. The second kappa shape index (κ2) is 5.78. The molecule has 0 spiro atoms. The lowest BCUT2D eigenvalue weighted by Crippen LogP contribution is -2.04. The fraction of sp³-hybridized carbons (Fsp3) is 0.235. The minimum Gasteiger partial charge on any atom is -0.378 e. The summed E-state index contributed by atoms with van der Waals surface area (Å²) in [6.07, 6.45) is 0. The molecule has 0 unspecified atom stereocenters. The third-order valence-electron chi connectivity index (χ3n) is 3.69. The Kier molecular flexibility index (Phi) is 3.84. The van der Waals surface area contributed by atoms with Gasteiger partial charge in [-0.15, -0.1) is 0 Å². The molecule has 0 aliphatic carbocycles. The van der Waals surface area contributed by atoms with Gasteiger partial charge in [0.15, 0.2) is 0 Å². The van der Waals surface area contributed by atoms with E-state index >= 15 is 0 Å². The van der Waals surface area contributed by atoms with Crippen LogP contribution in [0.25, 0.3) is 10.9 Å². The Hall–Kier alpha value is -2.00. The van der Waals surface area contributed by atoms with Crippen molar-refractivity contribution in [3.05, 3.63) is 58.7 Å². The third kappa shape index (κ3) is 2.61. The summed E-state index contributed by atoms with van der Waals surface area (Å²) >= 11 is 6.26. The molecule has 0 bridgehead atoms. The second-order valence-corrected chi connectivity index (χ2v) is 5.47. The van der Waals surface area contributed by atoms with E-state index in [9.17, 15) is 0 Å². The van der Waals surface area contributed by atoms with Crippen molar-refractivity contribution in [2.24, 2.45) is 0 Å². The van der Waals surface area contributed by atoms with Gasteiger partial charge in [-0.3, -0.25) is 4.68 Å². The first-order valence-electron chi connectivity index (χ1n) is 7.14. The minimum absolute atomic E-state index is 0.665. The molecule has 0 atom stereocenters. The Morgan fingerprint density at radius 1 is 1.14 bits per heavy atom. The van der Waals surface area contributed by atoms with Crippen molar-refractivity contribution < 1.29 is 0 Å². The molecule has 21 heavy (non-hydrogen) atoms. The van der Waals surface area contributed by atoms with E-state index in [0.717, 1.165) is 28.5 Å². The summed E-state index contributed by atoms with van der Waals surface area (Å²) < 4.78 is 2.03. The predicted molar refractivity (Wildman–Crippen MR) is 88.9 cm³/mol. The number of fused-ring (bicyclic) bond motifs is 1. The molecule has 0 fully saturated rings. The van der Waals surface area contributed by atoms with Crippen LogP contribution >= 0.6 is 11.6 Å². The van der Waals surface area contributed by atoms with Gasteiger partial charge < -0.3 is 5.32 Å². The fourth-order valence-electron chi connectivity index (χ4n) is 2.60. The van der Waals surface area contributed by atoms with Crippen LogP contribution in [0.3, 0.4) is 0 Å².